The third-order valence-corrected chi connectivity index (χ3v) is 5.68. The Kier molecular flexibility index (Phi) is 9.97. The molecule has 0 aromatic heterocycles. The molecule has 3 rings (SSSR count). The molecule has 0 spiro atoms. The van der Waals surface area contributed by atoms with Gasteiger partial charge in [0, 0.05) is 38.4 Å². The molecule has 1 aliphatic rings. The smallest absolute Gasteiger partial charge is 0.227 e. The Labute approximate surface area is 187 Å². The number of nitrogen functional groups attached to an aromatic ring is 1. The number of nitrogens with zero attached hydrogens (tertiary/aromatic N) is 2. The van der Waals surface area contributed by atoms with Crippen LogP contribution in [0.3, 0.4) is 0 Å². The number of halogens is 2. The summed E-state index contributed by atoms with van der Waals surface area (Å²) in [6, 6.07) is 18.5. The molecule has 1 aliphatic heterocycles. The van der Waals surface area contributed by atoms with Gasteiger partial charge >= 0.3 is 0 Å². The molecule has 160 valence electrons. The molecule has 2 atom stereocenters. The van der Waals surface area contributed by atoms with Crippen LogP contribution in [0.15, 0.2) is 54.6 Å². The van der Waals surface area contributed by atoms with Crippen LogP contribution < -0.4 is 5.73 Å². The number of anilines is 1. The van der Waals surface area contributed by atoms with Crippen LogP contribution >= 0.6 is 24.8 Å². The highest BCUT2D eigenvalue weighted by molar-refractivity contribution is 5.85. The molecule has 0 bridgehead atoms. The summed E-state index contributed by atoms with van der Waals surface area (Å²) in [7, 11) is 1.96. The van der Waals surface area contributed by atoms with Crippen molar-refractivity contribution in [2.75, 3.05) is 25.9 Å². The molecule has 0 radical (unpaired) electrons. The van der Waals surface area contributed by atoms with Crippen molar-refractivity contribution in [1.29, 1.82) is 0 Å². The normalized spacial score (nSPS) is 21.6. The van der Waals surface area contributed by atoms with Crippen LogP contribution in [0.25, 0.3) is 0 Å². The summed E-state index contributed by atoms with van der Waals surface area (Å²) in [6.45, 7) is 7.55. The summed E-state index contributed by atoms with van der Waals surface area (Å²) < 4.78 is 0. The van der Waals surface area contributed by atoms with Crippen molar-refractivity contribution in [2.24, 2.45) is 11.8 Å². The molecule has 6 heteroatoms. The topological polar surface area (TPSA) is 49.6 Å². The lowest BCUT2D eigenvalue weighted by molar-refractivity contribution is -0.135. The van der Waals surface area contributed by atoms with Crippen molar-refractivity contribution < 1.29 is 4.79 Å². The first-order valence-corrected chi connectivity index (χ1v) is 9.80. The standard InChI is InChI=1S/C23H31N3O.2ClH/c1-17-14-26(16-20-7-5-4-6-8-20)15-18(2)23(17)25(3)22(27)13-19-9-11-21(24)12-10-19;;/h4-12,17-18,23H,13-16,24H2,1-3H3;2*1H. The number of nitrogens with two attached hydrogens (primary N) is 1. The number of likely N-dealkylation sites (N-methyl/N-ethyl adjacent to an activating group) is 1. The van der Waals surface area contributed by atoms with E-state index in [0.29, 0.717) is 18.3 Å². The third kappa shape index (κ3) is 6.63. The highest BCUT2D eigenvalue weighted by Crippen LogP contribution is 2.27. The Hall–Kier alpha value is -1.75. The van der Waals surface area contributed by atoms with Crippen molar-refractivity contribution in [3.05, 3.63) is 65.7 Å². The van der Waals surface area contributed by atoms with Gasteiger partial charge in [0.2, 0.25) is 5.91 Å². The fourth-order valence-electron chi connectivity index (χ4n) is 4.50. The van der Waals surface area contributed by atoms with Crippen molar-refractivity contribution >= 4 is 36.4 Å². The molecular formula is C23H33Cl2N3O. The van der Waals surface area contributed by atoms with Crippen molar-refractivity contribution in [3.63, 3.8) is 0 Å². The summed E-state index contributed by atoms with van der Waals surface area (Å²) in [5.41, 5.74) is 8.83. The maximum atomic E-state index is 12.8. The molecular weight excluding hydrogens is 405 g/mol. The van der Waals surface area contributed by atoms with Crippen LogP contribution in [0.2, 0.25) is 0 Å². The van der Waals surface area contributed by atoms with Gasteiger partial charge in [-0.3, -0.25) is 9.69 Å². The van der Waals surface area contributed by atoms with Gasteiger partial charge in [-0.2, -0.15) is 0 Å². The molecule has 2 N–H and O–H groups in total. The van der Waals surface area contributed by atoms with E-state index in [4.69, 9.17) is 5.73 Å². The molecule has 4 nitrogen and oxygen atoms in total. The average molecular weight is 438 g/mol. The predicted octanol–water partition coefficient (Wildman–Crippen LogP) is 4.27. The lowest BCUT2D eigenvalue weighted by atomic mass is 9.84. The maximum Gasteiger partial charge on any atom is 0.227 e. The number of benzene rings is 2. The lowest BCUT2D eigenvalue weighted by Gasteiger charge is -2.45. The fourth-order valence-corrected chi connectivity index (χ4v) is 4.50. The number of likely N-dealkylation sites (tertiary alicyclic amines) is 1. The molecule has 2 aromatic rings. The van der Waals surface area contributed by atoms with Crippen LogP contribution in [-0.4, -0.2) is 41.9 Å². The van der Waals surface area contributed by atoms with Crippen LogP contribution in [0, 0.1) is 11.8 Å². The number of carbonyl (C=O) groups excluding carboxylic acids is 1. The monoisotopic (exact) mass is 437 g/mol. The van der Waals surface area contributed by atoms with Crippen LogP contribution in [-0.2, 0) is 17.8 Å². The number of rotatable bonds is 5. The van der Waals surface area contributed by atoms with Gasteiger partial charge in [-0.25, -0.2) is 0 Å². The molecule has 2 aromatic carbocycles. The third-order valence-electron chi connectivity index (χ3n) is 5.68. The molecule has 0 aliphatic carbocycles. The number of hydrogen-bond donors (Lipinski definition) is 1. The summed E-state index contributed by atoms with van der Waals surface area (Å²) in [5, 5.41) is 0. The van der Waals surface area contributed by atoms with Gasteiger partial charge in [0.25, 0.3) is 0 Å². The van der Waals surface area contributed by atoms with E-state index in [1.54, 1.807) is 0 Å². The van der Waals surface area contributed by atoms with E-state index in [-0.39, 0.29) is 36.8 Å². The first kappa shape index (κ1) is 25.3. The van der Waals surface area contributed by atoms with Crippen LogP contribution in [0.1, 0.15) is 25.0 Å². The zero-order valence-corrected chi connectivity index (χ0v) is 19.1. The number of amides is 1. The number of piperidine rings is 1. The largest absolute Gasteiger partial charge is 0.399 e. The number of hydrogen-bond acceptors (Lipinski definition) is 3. The van der Waals surface area contributed by atoms with Gasteiger partial charge in [-0.1, -0.05) is 56.3 Å². The van der Waals surface area contributed by atoms with E-state index in [1.807, 2.05) is 36.2 Å². The predicted molar refractivity (Wildman–Crippen MR) is 126 cm³/mol. The van der Waals surface area contributed by atoms with E-state index in [2.05, 4.69) is 49.1 Å². The van der Waals surface area contributed by atoms with E-state index < -0.39 is 0 Å². The summed E-state index contributed by atoms with van der Waals surface area (Å²) in [4.78, 5) is 17.3. The number of carbonyl (C=O) groups is 1. The minimum absolute atomic E-state index is 0. The highest BCUT2D eigenvalue weighted by atomic mass is 35.5. The van der Waals surface area contributed by atoms with E-state index >= 15 is 0 Å². The van der Waals surface area contributed by atoms with Crippen molar-refractivity contribution in [3.8, 4) is 0 Å². The second kappa shape index (κ2) is 11.4. The lowest BCUT2D eigenvalue weighted by Crippen LogP contribution is -2.55. The van der Waals surface area contributed by atoms with Crippen molar-refractivity contribution in [2.45, 2.75) is 32.9 Å². The molecule has 1 fully saturated rings. The van der Waals surface area contributed by atoms with Gasteiger partial charge in [-0.05, 0) is 35.1 Å². The Morgan fingerprint density at radius 2 is 1.52 bits per heavy atom. The summed E-state index contributed by atoms with van der Waals surface area (Å²) in [5.74, 6) is 1.07. The first-order valence-electron chi connectivity index (χ1n) is 9.80. The zero-order valence-electron chi connectivity index (χ0n) is 17.5. The Balaban J connectivity index is 0.00000210. The van der Waals surface area contributed by atoms with Gasteiger partial charge in [-0.15, -0.1) is 24.8 Å². The first-order chi connectivity index (χ1) is 12.9. The van der Waals surface area contributed by atoms with E-state index in [9.17, 15) is 4.79 Å². The van der Waals surface area contributed by atoms with Crippen LogP contribution in [0.4, 0.5) is 5.69 Å². The minimum Gasteiger partial charge on any atom is -0.399 e. The average Bonchev–Trinajstić information content (AvgIpc) is 2.63. The maximum absolute atomic E-state index is 12.8. The van der Waals surface area contributed by atoms with Gasteiger partial charge in [0.15, 0.2) is 0 Å². The molecule has 1 heterocycles. The van der Waals surface area contributed by atoms with Gasteiger partial charge < -0.3 is 10.6 Å². The van der Waals surface area contributed by atoms with E-state index in [1.165, 1.54) is 5.56 Å². The second-order valence-electron chi connectivity index (χ2n) is 8.05. The SMILES string of the molecule is CC1CN(Cc2ccccc2)CC(C)C1N(C)C(=O)Cc1ccc(N)cc1.Cl.Cl. The molecule has 1 amide bonds. The fraction of sp³-hybridized carbons (Fsp3) is 0.435. The van der Waals surface area contributed by atoms with Crippen LogP contribution in [0.5, 0.6) is 0 Å². The Morgan fingerprint density at radius 1 is 0.966 bits per heavy atom. The molecule has 2 unspecified atom stereocenters. The summed E-state index contributed by atoms with van der Waals surface area (Å²) >= 11 is 0. The van der Waals surface area contributed by atoms with E-state index in [0.717, 1.165) is 30.9 Å². The Morgan fingerprint density at radius 3 is 2.07 bits per heavy atom. The zero-order chi connectivity index (χ0) is 19.4. The van der Waals surface area contributed by atoms with Gasteiger partial charge in [0.1, 0.15) is 0 Å². The molecule has 1 saturated heterocycles. The quantitative estimate of drug-likeness (QED) is 0.710. The minimum atomic E-state index is 0. The second-order valence-corrected chi connectivity index (χ2v) is 8.05. The van der Waals surface area contributed by atoms with Crippen molar-refractivity contribution in [1.82, 2.24) is 9.80 Å². The molecule has 29 heavy (non-hydrogen) atoms. The molecule has 0 saturated carbocycles. The Bertz CT molecular complexity index is 742. The highest BCUT2D eigenvalue weighted by Gasteiger charge is 2.36. The van der Waals surface area contributed by atoms with Gasteiger partial charge in [0.05, 0.1) is 6.42 Å². The summed E-state index contributed by atoms with van der Waals surface area (Å²) in [6.07, 6.45) is 0.431.